The van der Waals surface area contributed by atoms with Gasteiger partial charge in [-0.15, -0.1) is 0 Å². The predicted molar refractivity (Wildman–Crippen MR) is 71.4 cm³/mol. The predicted octanol–water partition coefficient (Wildman–Crippen LogP) is 2.06. The molecule has 0 aromatic heterocycles. The van der Waals surface area contributed by atoms with Gasteiger partial charge in [-0.05, 0) is 34.5 Å². The topological polar surface area (TPSA) is 24.5 Å². The molecule has 1 aromatic carbocycles. The van der Waals surface area contributed by atoms with Crippen LogP contribution in [0.2, 0.25) is 0 Å². The molecule has 1 unspecified atom stereocenters. The number of nitrogens with one attached hydrogen (secondary N) is 1. The molecule has 18 heavy (non-hydrogen) atoms. The number of ether oxygens (including phenoxy) is 1. The number of fused-ring (bicyclic) bond motifs is 2. The van der Waals surface area contributed by atoms with Gasteiger partial charge in [0.1, 0.15) is 6.61 Å². The summed E-state index contributed by atoms with van der Waals surface area (Å²) in [6, 6.07) is 2.36. The molecule has 5 heteroatoms. The van der Waals surface area contributed by atoms with E-state index in [1.807, 2.05) is 13.0 Å². The SMILES string of the molecule is Cc1cc2c(c(F)c1Br)OCC1CNCCN1C2. The van der Waals surface area contributed by atoms with Crippen LogP contribution in [0.25, 0.3) is 0 Å². The zero-order valence-electron chi connectivity index (χ0n) is 10.3. The van der Waals surface area contributed by atoms with Gasteiger partial charge < -0.3 is 10.1 Å². The van der Waals surface area contributed by atoms with E-state index in [2.05, 4.69) is 26.1 Å². The van der Waals surface area contributed by atoms with Crippen molar-refractivity contribution in [2.75, 3.05) is 26.2 Å². The fourth-order valence-electron chi connectivity index (χ4n) is 2.65. The molecule has 3 nitrogen and oxygen atoms in total. The molecule has 3 rings (SSSR count). The van der Waals surface area contributed by atoms with Crippen molar-refractivity contribution in [3.63, 3.8) is 0 Å². The molecule has 2 aliphatic heterocycles. The summed E-state index contributed by atoms with van der Waals surface area (Å²) in [5, 5.41) is 3.35. The highest BCUT2D eigenvalue weighted by molar-refractivity contribution is 9.10. The first-order chi connectivity index (χ1) is 8.66. The fraction of sp³-hybridized carbons (Fsp3) is 0.538. The zero-order valence-corrected chi connectivity index (χ0v) is 11.9. The summed E-state index contributed by atoms with van der Waals surface area (Å²) in [5.74, 6) is 0.152. The van der Waals surface area contributed by atoms with Crippen molar-refractivity contribution in [1.82, 2.24) is 10.2 Å². The standard InChI is InChI=1S/C13H16BrFN2O/c1-8-4-9-6-17-3-2-16-5-10(17)7-18-13(9)12(15)11(8)14/h4,10,16H,2-3,5-7H2,1H3. The van der Waals surface area contributed by atoms with E-state index in [9.17, 15) is 4.39 Å². The van der Waals surface area contributed by atoms with Crippen LogP contribution in [-0.2, 0) is 6.54 Å². The van der Waals surface area contributed by atoms with Crippen molar-refractivity contribution in [2.24, 2.45) is 0 Å². The van der Waals surface area contributed by atoms with Crippen LogP contribution < -0.4 is 10.1 Å². The van der Waals surface area contributed by atoms with Gasteiger partial charge in [-0.2, -0.15) is 0 Å². The summed E-state index contributed by atoms with van der Waals surface area (Å²) in [6.45, 7) is 6.12. The average molecular weight is 315 g/mol. The highest BCUT2D eigenvalue weighted by Gasteiger charge is 2.29. The van der Waals surface area contributed by atoms with Gasteiger partial charge in [0, 0.05) is 31.7 Å². The lowest BCUT2D eigenvalue weighted by Gasteiger charge is -2.33. The summed E-state index contributed by atoms with van der Waals surface area (Å²) >= 11 is 3.28. The van der Waals surface area contributed by atoms with Gasteiger partial charge in [0.15, 0.2) is 11.6 Å². The van der Waals surface area contributed by atoms with Crippen molar-refractivity contribution >= 4 is 15.9 Å². The van der Waals surface area contributed by atoms with E-state index in [1.165, 1.54) is 0 Å². The number of nitrogens with zero attached hydrogens (tertiary/aromatic N) is 1. The number of hydrogen-bond acceptors (Lipinski definition) is 3. The van der Waals surface area contributed by atoms with E-state index in [-0.39, 0.29) is 5.82 Å². The molecule has 0 saturated carbocycles. The Bertz CT molecular complexity index is 481. The maximum atomic E-state index is 14.2. The molecule has 0 spiro atoms. The molecule has 1 aromatic rings. The lowest BCUT2D eigenvalue weighted by atomic mass is 10.1. The van der Waals surface area contributed by atoms with Crippen LogP contribution in [0.5, 0.6) is 5.75 Å². The largest absolute Gasteiger partial charge is 0.488 e. The van der Waals surface area contributed by atoms with Crippen molar-refractivity contribution in [2.45, 2.75) is 19.5 Å². The third-order valence-corrected chi connectivity index (χ3v) is 4.66. The van der Waals surface area contributed by atoms with Crippen molar-refractivity contribution in [3.8, 4) is 5.75 Å². The van der Waals surface area contributed by atoms with Gasteiger partial charge in [-0.1, -0.05) is 0 Å². The van der Waals surface area contributed by atoms with E-state index in [0.717, 1.165) is 37.3 Å². The first-order valence-corrected chi connectivity index (χ1v) is 7.01. The van der Waals surface area contributed by atoms with Gasteiger partial charge >= 0.3 is 0 Å². The Morgan fingerprint density at radius 3 is 3.22 bits per heavy atom. The van der Waals surface area contributed by atoms with Gasteiger partial charge in [0.05, 0.1) is 10.5 Å². The molecular formula is C13H16BrFN2O. The first-order valence-electron chi connectivity index (χ1n) is 6.22. The second-order valence-corrected chi connectivity index (χ2v) is 5.74. The van der Waals surface area contributed by atoms with Crippen LogP contribution in [0.3, 0.4) is 0 Å². The molecule has 2 heterocycles. The van der Waals surface area contributed by atoms with Crippen LogP contribution in [0.15, 0.2) is 10.5 Å². The van der Waals surface area contributed by atoms with Gasteiger partial charge in [0.2, 0.25) is 0 Å². The second kappa shape index (κ2) is 4.79. The molecule has 98 valence electrons. The van der Waals surface area contributed by atoms with Crippen molar-refractivity contribution in [1.29, 1.82) is 0 Å². The van der Waals surface area contributed by atoms with Crippen LogP contribution in [0.1, 0.15) is 11.1 Å². The van der Waals surface area contributed by atoms with Gasteiger partial charge in [-0.3, -0.25) is 4.90 Å². The summed E-state index contributed by atoms with van der Waals surface area (Å²) in [7, 11) is 0. The Morgan fingerprint density at radius 2 is 2.39 bits per heavy atom. The van der Waals surface area contributed by atoms with Crippen molar-refractivity contribution in [3.05, 3.63) is 27.5 Å². The Kier molecular flexibility index (Phi) is 3.30. The van der Waals surface area contributed by atoms with E-state index >= 15 is 0 Å². The van der Waals surface area contributed by atoms with Crippen molar-refractivity contribution < 1.29 is 9.13 Å². The highest BCUT2D eigenvalue weighted by atomic mass is 79.9. The monoisotopic (exact) mass is 314 g/mol. The molecule has 1 N–H and O–H groups in total. The number of halogens is 2. The molecular weight excluding hydrogens is 299 g/mol. The smallest absolute Gasteiger partial charge is 0.179 e. The minimum absolute atomic E-state index is 0.266. The minimum atomic E-state index is -0.266. The van der Waals surface area contributed by atoms with E-state index < -0.39 is 0 Å². The van der Waals surface area contributed by atoms with E-state index in [4.69, 9.17) is 4.74 Å². The van der Waals surface area contributed by atoms with Gasteiger partial charge in [0.25, 0.3) is 0 Å². The zero-order chi connectivity index (χ0) is 12.7. The lowest BCUT2D eigenvalue weighted by molar-refractivity contribution is 0.119. The first kappa shape index (κ1) is 12.4. The summed E-state index contributed by atoms with van der Waals surface area (Å²) in [5.41, 5.74) is 1.88. The molecule has 0 radical (unpaired) electrons. The van der Waals surface area contributed by atoms with Crippen LogP contribution in [0, 0.1) is 12.7 Å². The van der Waals surface area contributed by atoms with Gasteiger partial charge in [-0.25, -0.2) is 4.39 Å². The molecule has 1 fully saturated rings. The Hall–Kier alpha value is -0.650. The third-order valence-electron chi connectivity index (χ3n) is 3.69. The van der Waals surface area contributed by atoms with E-state index in [0.29, 0.717) is 22.9 Å². The molecule has 1 atom stereocenters. The van der Waals surface area contributed by atoms with Crippen LogP contribution in [0.4, 0.5) is 4.39 Å². The normalized spacial score (nSPS) is 23.8. The van der Waals surface area contributed by atoms with E-state index in [1.54, 1.807) is 0 Å². The highest BCUT2D eigenvalue weighted by Crippen LogP contribution is 2.35. The minimum Gasteiger partial charge on any atom is -0.488 e. The Balaban J connectivity index is 1.99. The summed E-state index contributed by atoms with van der Waals surface area (Å²) < 4.78 is 20.4. The second-order valence-electron chi connectivity index (χ2n) is 4.95. The summed E-state index contributed by atoms with van der Waals surface area (Å²) in [6.07, 6.45) is 0. The molecule has 0 amide bonds. The summed E-state index contributed by atoms with van der Waals surface area (Å²) in [4.78, 5) is 2.37. The molecule has 0 bridgehead atoms. The molecule has 1 saturated heterocycles. The van der Waals surface area contributed by atoms with Crippen LogP contribution >= 0.6 is 15.9 Å². The fourth-order valence-corrected chi connectivity index (χ4v) is 2.95. The number of rotatable bonds is 0. The maximum absolute atomic E-state index is 14.2. The Labute approximate surface area is 114 Å². The number of benzene rings is 1. The number of piperazine rings is 1. The molecule has 0 aliphatic carbocycles. The third kappa shape index (κ3) is 2.04. The maximum Gasteiger partial charge on any atom is 0.179 e. The number of hydrogen-bond donors (Lipinski definition) is 1. The average Bonchev–Trinajstić information content (AvgIpc) is 2.55. The van der Waals surface area contributed by atoms with Crippen LogP contribution in [-0.4, -0.2) is 37.2 Å². The lowest BCUT2D eigenvalue weighted by Crippen LogP contribution is -2.52. The molecule has 2 aliphatic rings. The quantitative estimate of drug-likeness (QED) is 0.793. The number of aryl methyl sites for hydroxylation is 1. The Morgan fingerprint density at radius 1 is 1.56 bits per heavy atom.